The van der Waals surface area contributed by atoms with Crippen molar-refractivity contribution in [1.82, 2.24) is 0 Å². The molecule has 0 unspecified atom stereocenters. The minimum atomic E-state index is -0.512. The molecule has 0 saturated heterocycles. The van der Waals surface area contributed by atoms with E-state index in [4.69, 9.17) is 21.5 Å². The quantitative estimate of drug-likeness (QED) is 0.430. The normalized spacial score (nSPS) is 8.08. The Morgan fingerprint density at radius 2 is 1.92 bits per heavy atom. The van der Waals surface area contributed by atoms with Crippen molar-refractivity contribution in [3.63, 3.8) is 0 Å². The molecule has 0 aliphatic carbocycles. The Morgan fingerprint density at radius 1 is 1.46 bits per heavy atom. The summed E-state index contributed by atoms with van der Waals surface area (Å²) in [5, 5.41) is 17.2. The first kappa shape index (κ1) is 11.4. The van der Waals surface area contributed by atoms with Crippen LogP contribution in [-0.2, 0) is 4.79 Å². The van der Waals surface area contributed by atoms with E-state index in [9.17, 15) is 10.1 Å². The number of hydrogen-bond acceptors (Lipinski definition) is 3. The molecule has 0 atom stereocenters. The van der Waals surface area contributed by atoms with E-state index in [-0.39, 0.29) is 17.2 Å². The molecule has 1 N–H and O–H groups in total. The van der Waals surface area contributed by atoms with Crippen LogP contribution >= 0.6 is 11.6 Å². The van der Waals surface area contributed by atoms with E-state index in [1.165, 1.54) is 12.1 Å². The first-order valence-corrected chi connectivity index (χ1v) is 3.48. The summed E-state index contributed by atoms with van der Waals surface area (Å²) in [4.78, 5) is 18.0. The summed E-state index contributed by atoms with van der Waals surface area (Å²) in [5.41, 5.74) is -0.0517. The van der Waals surface area contributed by atoms with Crippen molar-refractivity contribution in [3.8, 4) is 0 Å². The lowest BCUT2D eigenvalue weighted by atomic mass is 10.3. The summed E-state index contributed by atoms with van der Waals surface area (Å²) in [5.74, 6) is 0. The van der Waals surface area contributed by atoms with E-state index < -0.39 is 4.92 Å². The van der Waals surface area contributed by atoms with E-state index in [0.29, 0.717) is 0 Å². The number of halogens is 1. The topological polar surface area (TPSA) is 80.4 Å². The van der Waals surface area contributed by atoms with Crippen LogP contribution in [0.3, 0.4) is 0 Å². The summed E-state index contributed by atoms with van der Waals surface area (Å²) in [6.07, 6.45) is 0. The van der Waals surface area contributed by atoms with Crippen LogP contribution in [0.25, 0.3) is 0 Å². The van der Waals surface area contributed by atoms with Gasteiger partial charge < -0.3 is 5.11 Å². The number of nitro benzene ring substituents is 1. The molecular formula is C7H6ClNO4. The van der Waals surface area contributed by atoms with Gasteiger partial charge in [-0.05, 0) is 6.07 Å². The van der Waals surface area contributed by atoms with Crippen LogP contribution in [0.4, 0.5) is 5.69 Å². The average molecular weight is 204 g/mol. The van der Waals surface area contributed by atoms with Gasteiger partial charge in [0.25, 0.3) is 12.2 Å². The van der Waals surface area contributed by atoms with E-state index >= 15 is 0 Å². The first-order valence-electron chi connectivity index (χ1n) is 3.10. The summed E-state index contributed by atoms with van der Waals surface area (Å²) in [7, 11) is 0. The van der Waals surface area contributed by atoms with Crippen LogP contribution in [0.15, 0.2) is 24.3 Å². The largest absolute Gasteiger partial charge is 0.483 e. The zero-order chi connectivity index (χ0) is 10.3. The van der Waals surface area contributed by atoms with Crippen LogP contribution < -0.4 is 0 Å². The smallest absolute Gasteiger partial charge is 0.290 e. The molecule has 0 radical (unpaired) electrons. The van der Waals surface area contributed by atoms with Gasteiger partial charge in [0.15, 0.2) is 0 Å². The molecule has 1 aromatic carbocycles. The number of nitro groups is 1. The second-order valence-corrected chi connectivity index (χ2v) is 2.22. The standard InChI is InChI=1S/C6H4ClNO2.CH2O2/c7-5-3-1-2-4-6(5)8(9)10;2-1-3/h1-4H;1H,(H,2,3). The molecule has 13 heavy (non-hydrogen) atoms. The number of hydrogen-bond donors (Lipinski definition) is 1. The molecule has 0 spiro atoms. The van der Waals surface area contributed by atoms with Gasteiger partial charge in [0.2, 0.25) is 0 Å². The number of benzene rings is 1. The van der Waals surface area contributed by atoms with Crippen LogP contribution in [-0.4, -0.2) is 16.5 Å². The molecule has 0 fully saturated rings. The predicted octanol–water partition coefficient (Wildman–Crippen LogP) is 1.95. The third-order valence-electron chi connectivity index (χ3n) is 1.05. The second-order valence-electron chi connectivity index (χ2n) is 1.81. The van der Waals surface area contributed by atoms with Gasteiger partial charge in [-0.25, -0.2) is 0 Å². The molecule has 0 amide bonds. The van der Waals surface area contributed by atoms with Crippen molar-refractivity contribution in [1.29, 1.82) is 0 Å². The zero-order valence-corrected chi connectivity index (χ0v) is 7.14. The van der Waals surface area contributed by atoms with Crippen LogP contribution in [0.5, 0.6) is 0 Å². The maximum Gasteiger partial charge on any atom is 0.290 e. The summed E-state index contributed by atoms with van der Waals surface area (Å²) < 4.78 is 0. The maximum atomic E-state index is 10.1. The third-order valence-corrected chi connectivity index (χ3v) is 1.37. The van der Waals surface area contributed by atoms with Gasteiger partial charge in [0.1, 0.15) is 5.02 Å². The molecule has 0 bridgehead atoms. The van der Waals surface area contributed by atoms with Gasteiger partial charge >= 0.3 is 0 Å². The van der Waals surface area contributed by atoms with Crippen molar-refractivity contribution in [2.45, 2.75) is 0 Å². The van der Waals surface area contributed by atoms with Crippen molar-refractivity contribution >= 4 is 23.8 Å². The monoisotopic (exact) mass is 203 g/mol. The maximum absolute atomic E-state index is 10.1. The lowest BCUT2D eigenvalue weighted by Gasteiger charge is -1.90. The first-order chi connectivity index (χ1) is 6.13. The molecule has 1 rings (SSSR count). The van der Waals surface area contributed by atoms with Gasteiger partial charge in [0.05, 0.1) is 4.92 Å². The Hall–Kier alpha value is -1.62. The number of rotatable bonds is 1. The number of para-hydroxylation sites is 1. The Labute approximate surface area is 78.7 Å². The Bertz CT molecular complexity index is 302. The number of nitrogens with zero attached hydrogens (tertiary/aromatic N) is 1. The minimum absolute atomic E-state index is 0.0517. The summed E-state index contributed by atoms with van der Waals surface area (Å²) in [6.45, 7) is -0.250. The highest BCUT2D eigenvalue weighted by atomic mass is 35.5. The molecule has 5 nitrogen and oxygen atoms in total. The highest BCUT2D eigenvalue weighted by molar-refractivity contribution is 6.32. The number of carbonyl (C=O) groups is 1. The van der Waals surface area contributed by atoms with E-state index in [2.05, 4.69) is 0 Å². The van der Waals surface area contributed by atoms with Gasteiger partial charge in [-0.15, -0.1) is 0 Å². The lowest BCUT2D eigenvalue weighted by Crippen LogP contribution is -1.87. The van der Waals surface area contributed by atoms with Gasteiger partial charge in [0, 0.05) is 6.07 Å². The average Bonchev–Trinajstić information content (AvgIpc) is 2.06. The van der Waals surface area contributed by atoms with Crippen LogP contribution in [0, 0.1) is 10.1 Å². The molecule has 0 aliphatic rings. The van der Waals surface area contributed by atoms with Crippen molar-refractivity contribution in [2.24, 2.45) is 0 Å². The van der Waals surface area contributed by atoms with Gasteiger partial charge in [-0.1, -0.05) is 23.7 Å². The minimum Gasteiger partial charge on any atom is -0.483 e. The fraction of sp³-hybridized carbons (Fsp3) is 0. The van der Waals surface area contributed by atoms with E-state index in [1.807, 2.05) is 0 Å². The fourth-order valence-electron chi connectivity index (χ4n) is 0.600. The van der Waals surface area contributed by atoms with Crippen LogP contribution in [0.1, 0.15) is 0 Å². The van der Waals surface area contributed by atoms with E-state index in [0.717, 1.165) is 0 Å². The third kappa shape index (κ3) is 4.07. The Kier molecular flexibility index (Phi) is 5.22. The van der Waals surface area contributed by atoms with Crippen molar-refractivity contribution in [3.05, 3.63) is 39.4 Å². The van der Waals surface area contributed by atoms with Gasteiger partial charge in [-0.3, -0.25) is 14.9 Å². The second kappa shape index (κ2) is 5.96. The fourth-order valence-corrected chi connectivity index (χ4v) is 0.805. The predicted molar refractivity (Wildman–Crippen MR) is 46.8 cm³/mol. The molecular weight excluding hydrogens is 198 g/mol. The molecule has 0 saturated carbocycles. The van der Waals surface area contributed by atoms with Crippen molar-refractivity contribution < 1.29 is 14.8 Å². The lowest BCUT2D eigenvalue weighted by molar-refractivity contribution is -0.384. The summed E-state index contributed by atoms with van der Waals surface area (Å²) in [6, 6.07) is 6.07. The highest BCUT2D eigenvalue weighted by Gasteiger charge is 2.08. The highest BCUT2D eigenvalue weighted by Crippen LogP contribution is 2.21. The van der Waals surface area contributed by atoms with Gasteiger partial charge in [-0.2, -0.15) is 0 Å². The molecule has 0 heterocycles. The van der Waals surface area contributed by atoms with Crippen LogP contribution in [0.2, 0.25) is 5.02 Å². The van der Waals surface area contributed by atoms with Crippen molar-refractivity contribution in [2.75, 3.05) is 0 Å². The number of carboxylic acid groups (broad SMARTS) is 1. The molecule has 0 aliphatic heterocycles. The molecule has 1 aromatic rings. The Balaban J connectivity index is 0.000000424. The molecule has 0 aromatic heterocycles. The summed E-state index contributed by atoms with van der Waals surface area (Å²) >= 11 is 5.48. The molecule has 6 heteroatoms. The molecule has 70 valence electrons. The zero-order valence-electron chi connectivity index (χ0n) is 6.38. The van der Waals surface area contributed by atoms with E-state index in [1.54, 1.807) is 12.1 Å². The Morgan fingerprint density at radius 3 is 2.23 bits per heavy atom. The SMILES string of the molecule is O=CO.O=[N+]([O-])c1ccccc1Cl.